The van der Waals surface area contributed by atoms with Crippen LogP contribution in [0.15, 0.2) is 36.4 Å². The number of amides is 1. The van der Waals surface area contributed by atoms with Gasteiger partial charge in [-0.15, -0.1) is 0 Å². The van der Waals surface area contributed by atoms with E-state index in [0.717, 1.165) is 16.8 Å². The number of H-pyrrole nitrogens is 1. The Hall–Kier alpha value is -3.19. The Kier molecular flexibility index (Phi) is 7.41. The molecule has 0 saturated heterocycles. The van der Waals surface area contributed by atoms with Crippen molar-refractivity contribution in [2.24, 2.45) is 0 Å². The second kappa shape index (κ2) is 10.2. The number of hydrogen-bond acceptors (Lipinski definition) is 5. The Morgan fingerprint density at radius 1 is 1.03 bits per heavy atom. The predicted molar refractivity (Wildman–Crippen MR) is 122 cm³/mol. The lowest BCUT2D eigenvalue weighted by atomic mass is 10.1. The maximum absolute atomic E-state index is 13.1. The van der Waals surface area contributed by atoms with E-state index >= 15 is 0 Å². The molecule has 1 heterocycles. The van der Waals surface area contributed by atoms with E-state index in [1.165, 1.54) is 0 Å². The molecular weight excluding hydrogens is 418 g/mol. The highest BCUT2D eigenvalue weighted by atomic mass is 35.5. The molecule has 0 fully saturated rings. The van der Waals surface area contributed by atoms with Gasteiger partial charge in [-0.05, 0) is 57.5 Å². The first-order valence-electron chi connectivity index (χ1n) is 10.2. The van der Waals surface area contributed by atoms with Crippen molar-refractivity contribution in [2.45, 2.75) is 27.7 Å². The minimum absolute atomic E-state index is 0.347. The lowest BCUT2D eigenvalue weighted by molar-refractivity contribution is 0.102. The number of benzene rings is 2. The topological polar surface area (TPSA) is 85.5 Å². The molecule has 1 aromatic heterocycles. The van der Waals surface area contributed by atoms with Gasteiger partial charge in [0.15, 0.2) is 17.3 Å². The molecule has 3 aromatic rings. The summed E-state index contributed by atoms with van der Waals surface area (Å²) in [5.74, 6) is 1.45. The number of anilines is 1. The molecule has 0 atom stereocenters. The molecule has 2 N–H and O–H groups in total. The molecular formula is C23H26ClN3O4. The number of aromatic nitrogens is 2. The summed E-state index contributed by atoms with van der Waals surface area (Å²) in [5.41, 5.74) is 2.81. The molecule has 7 nitrogen and oxygen atoms in total. The first kappa shape index (κ1) is 22.5. The molecule has 0 aliphatic heterocycles. The van der Waals surface area contributed by atoms with Crippen molar-refractivity contribution in [2.75, 3.05) is 25.1 Å². The summed E-state index contributed by atoms with van der Waals surface area (Å²) in [5, 5.41) is 10.7. The van der Waals surface area contributed by atoms with Gasteiger partial charge in [0.1, 0.15) is 0 Å². The third-order valence-electron chi connectivity index (χ3n) is 4.46. The third kappa shape index (κ3) is 5.11. The van der Waals surface area contributed by atoms with E-state index in [4.69, 9.17) is 25.8 Å². The summed E-state index contributed by atoms with van der Waals surface area (Å²) in [7, 11) is 0. The monoisotopic (exact) mass is 443 g/mol. The van der Waals surface area contributed by atoms with Crippen LogP contribution < -0.4 is 19.5 Å². The minimum atomic E-state index is -0.347. The van der Waals surface area contributed by atoms with Gasteiger partial charge < -0.3 is 19.5 Å². The van der Waals surface area contributed by atoms with Crippen molar-refractivity contribution < 1.29 is 19.0 Å². The molecule has 0 saturated carbocycles. The molecule has 2 aromatic carbocycles. The molecule has 31 heavy (non-hydrogen) atoms. The van der Waals surface area contributed by atoms with Crippen LogP contribution in [-0.4, -0.2) is 35.9 Å². The first-order valence-corrected chi connectivity index (χ1v) is 10.5. The Bertz CT molecular complexity index is 1040. The number of halogens is 1. The summed E-state index contributed by atoms with van der Waals surface area (Å²) >= 11 is 6.15. The third-order valence-corrected chi connectivity index (χ3v) is 4.70. The molecule has 1 amide bonds. The van der Waals surface area contributed by atoms with Crippen molar-refractivity contribution in [3.8, 4) is 28.4 Å². The van der Waals surface area contributed by atoms with Gasteiger partial charge in [0, 0.05) is 21.8 Å². The van der Waals surface area contributed by atoms with E-state index in [9.17, 15) is 4.79 Å². The second-order valence-electron chi connectivity index (χ2n) is 6.64. The Morgan fingerprint density at radius 2 is 1.68 bits per heavy atom. The molecule has 8 heteroatoms. The smallest absolute Gasteiger partial charge is 0.257 e. The van der Waals surface area contributed by atoms with Crippen molar-refractivity contribution in [1.29, 1.82) is 0 Å². The van der Waals surface area contributed by atoms with Gasteiger partial charge in [-0.3, -0.25) is 9.89 Å². The summed E-state index contributed by atoms with van der Waals surface area (Å²) in [6.07, 6.45) is 0. The summed E-state index contributed by atoms with van der Waals surface area (Å²) < 4.78 is 17.1. The lowest BCUT2D eigenvalue weighted by Gasteiger charge is -2.17. The van der Waals surface area contributed by atoms with Crippen molar-refractivity contribution in [3.63, 3.8) is 0 Å². The van der Waals surface area contributed by atoms with E-state index < -0.39 is 0 Å². The number of nitrogens with zero attached hydrogens (tertiary/aromatic N) is 1. The van der Waals surface area contributed by atoms with E-state index in [1.54, 1.807) is 18.2 Å². The molecule has 3 rings (SSSR count). The summed E-state index contributed by atoms with van der Waals surface area (Å²) in [4.78, 5) is 13.1. The Balaban J connectivity index is 1.97. The number of aromatic amines is 1. The van der Waals surface area contributed by atoms with Crippen molar-refractivity contribution in [1.82, 2.24) is 10.2 Å². The molecule has 0 unspecified atom stereocenters. The molecule has 164 valence electrons. The zero-order valence-corrected chi connectivity index (χ0v) is 18.8. The number of carbonyl (C=O) groups is 1. The van der Waals surface area contributed by atoms with Crippen LogP contribution in [0.4, 0.5) is 5.82 Å². The van der Waals surface area contributed by atoms with E-state index in [2.05, 4.69) is 15.5 Å². The molecule has 0 aliphatic rings. The summed E-state index contributed by atoms with van der Waals surface area (Å²) in [6.45, 7) is 8.79. The molecule has 0 radical (unpaired) electrons. The van der Waals surface area contributed by atoms with E-state index in [1.807, 2.05) is 45.9 Å². The second-order valence-corrected chi connectivity index (χ2v) is 7.07. The quantitative estimate of drug-likeness (QED) is 0.457. The van der Waals surface area contributed by atoms with Crippen molar-refractivity contribution in [3.05, 3.63) is 52.7 Å². The number of ether oxygens (including phenoxy) is 3. The number of hydrogen-bond donors (Lipinski definition) is 2. The molecule has 0 spiro atoms. The Morgan fingerprint density at radius 3 is 2.26 bits per heavy atom. The van der Waals surface area contributed by atoms with Crippen LogP contribution in [-0.2, 0) is 0 Å². The highest BCUT2D eigenvalue weighted by molar-refractivity contribution is 6.30. The van der Waals surface area contributed by atoms with Gasteiger partial charge in [0.25, 0.3) is 5.91 Å². The van der Waals surface area contributed by atoms with Crippen LogP contribution in [0.1, 0.15) is 36.8 Å². The van der Waals surface area contributed by atoms with Gasteiger partial charge in [-0.25, -0.2) is 0 Å². The normalized spacial score (nSPS) is 10.6. The average molecular weight is 444 g/mol. The van der Waals surface area contributed by atoms with Crippen molar-refractivity contribution >= 4 is 23.3 Å². The van der Waals surface area contributed by atoms with Gasteiger partial charge in [-0.2, -0.15) is 5.10 Å². The predicted octanol–water partition coefficient (Wildman–Crippen LogP) is 5.49. The standard InChI is InChI=1S/C23H26ClN3O4/c1-5-29-18-12-16(13-19(30-6-2)21(18)31-7-3)23(28)25-22-20(14(4)26-27-22)15-9-8-10-17(24)11-15/h8-13H,5-7H2,1-4H3,(H2,25,26,27,28). The fourth-order valence-corrected chi connectivity index (χ4v) is 3.41. The minimum Gasteiger partial charge on any atom is -0.490 e. The number of nitrogens with one attached hydrogen (secondary N) is 2. The Labute approximate surface area is 186 Å². The molecule has 0 bridgehead atoms. The first-order chi connectivity index (χ1) is 15.0. The van der Waals surface area contributed by atoms with Crippen LogP contribution >= 0.6 is 11.6 Å². The SMILES string of the molecule is CCOc1cc(C(=O)Nc2n[nH]c(C)c2-c2cccc(Cl)c2)cc(OCC)c1OCC. The maximum atomic E-state index is 13.1. The van der Waals surface area contributed by atoms with Crippen LogP contribution in [0.3, 0.4) is 0 Å². The summed E-state index contributed by atoms with van der Waals surface area (Å²) in [6, 6.07) is 10.7. The number of rotatable bonds is 9. The largest absolute Gasteiger partial charge is 0.490 e. The number of carbonyl (C=O) groups excluding carboxylic acids is 1. The fraction of sp³-hybridized carbons (Fsp3) is 0.304. The van der Waals surface area contributed by atoms with E-state index in [0.29, 0.717) is 53.5 Å². The van der Waals surface area contributed by atoms with Gasteiger partial charge in [0.05, 0.1) is 19.8 Å². The zero-order valence-electron chi connectivity index (χ0n) is 18.0. The molecule has 0 aliphatic carbocycles. The van der Waals surface area contributed by atoms with Crippen LogP contribution in [0, 0.1) is 6.92 Å². The highest BCUT2D eigenvalue weighted by Crippen LogP contribution is 2.39. The van der Waals surface area contributed by atoms with Crippen LogP contribution in [0.5, 0.6) is 17.2 Å². The van der Waals surface area contributed by atoms with Gasteiger partial charge >= 0.3 is 0 Å². The number of aryl methyl sites for hydroxylation is 1. The van der Waals surface area contributed by atoms with Crippen LogP contribution in [0.2, 0.25) is 5.02 Å². The fourth-order valence-electron chi connectivity index (χ4n) is 3.22. The maximum Gasteiger partial charge on any atom is 0.257 e. The van der Waals surface area contributed by atoms with E-state index in [-0.39, 0.29) is 5.91 Å². The average Bonchev–Trinajstić information content (AvgIpc) is 3.10. The highest BCUT2D eigenvalue weighted by Gasteiger charge is 2.21. The zero-order chi connectivity index (χ0) is 22.4. The lowest BCUT2D eigenvalue weighted by Crippen LogP contribution is -2.14. The van der Waals surface area contributed by atoms with Crippen LogP contribution in [0.25, 0.3) is 11.1 Å². The van der Waals surface area contributed by atoms with Gasteiger partial charge in [0.2, 0.25) is 5.75 Å². The van der Waals surface area contributed by atoms with Gasteiger partial charge in [-0.1, -0.05) is 23.7 Å².